The molecule has 0 heterocycles. The Morgan fingerprint density at radius 1 is 1.33 bits per heavy atom. The molecule has 0 amide bonds. The third-order valence-electron chi connectivity index (χ3n) is 2.71. The molecule has 8 heteroatoms. The molecule has 0 aromatic heterocycles. The highest BCUT2D eigenvalue weighted by Gasteiger charge is 2.29. The largest absolute Gasteiger partial charge is 0.492 e. The number of sulfonamides is 1. The van der Waals surface area contributed by atoms with Gasteiger partial charge in [0.1, 0.15) is 17.2 Å². The van der Waals surface area contributed by atoms with E-state index in [1.54, 1.807) is 26.0 Å². The van der Waals surface area contributed by atoms with Crippen molar-refractivity contribution < 1.29 is 22.7 Å². The molecule has 118 valence electrons. The van der Waals surface area contributed by atoms with Gasteiger partial charge in [-0.25, -0.2) is 8.42 Å². The van der Waals surface area contributed by atoms with Crippen LogP contribution < -0.4 is 4.74 Å². The molecule has 1 rings (SSSR count). The maximum atomic E-state index is 12.7. The Bertz CT molecular complexity index is 603. The van der Waals surface area contributed by atoms with Crippen LogP contribution in [-0.2, 0) is 19.6 Å². The number of benzene rings is 1. The van der Waals surface area contributed by atoms with Crippen molar-refractivity contribution in [3.63, 3.8) is 0 Å². The Kier molecular flexibility index (Phi) is 6.63. The van der Waals surface area contributed by atoms with Gasteiger partial charge in [0.25, 0.3) is 0 Å². The van der Waals surface area contributed by atoms with Gasteiger partial charge in [-0.05, 0) is 25.1 Å². The molecular formula is C13H18BrNO5S. The normalized spacial score (nSPS) is 11.5. The zero-order valence-electron chi connectivity index (χ0n) is 12.1. The number of likely N-dealkylation sites (N-methyl/N-ethyl adjacent to an activating group) is 1. The van der Waals surface area contributed by atoms with Crippen LogP contribution in [0, 0.1) is 0 Å². The first-order chi connectivity index (χ1) is 9.86. The van der Waals surface area contributed by atoms with Crippen LogP contribution in [0.15, 0.2) is 27.6 Å². The second-order valence-corrected chi connectivity index (χ2v) is 6.85. The highest BCUT2D eigenvalue weighted by molar-refractivity contribution is 9.10. The van der Waals surface area contributed by atoms with Gasteiger partial charge >= 0.3 is 5.97 Å². The quantitative estimate of drug-likeness (QED) is 0.677. The van der Waals surface area contributed by atoms with Crippen LogP contribution in [0.5, 0.6) is 5.75 Å². The molecule has 6 nitrogen and oxygen atoms in total. The first kappa shape index (κ1) is 17.9. The molecule has 0 saturated heterocycles. The number of ether oxygens (including phenoxy) is 2. The van der Waals surface area contributed by atoms with E-state index in [9.17, 15) is 13.2 Å². The molecule has 0 unspecified atom stereocenters. The van der Waals surface area contributed by atoms with Crippen molar-refractivity contribution in [1.82, 2.24) is 4.31 Å². The zero-order chi connectivity index (χ0) is 16.0. The first-order valence-electron chi connectivity index (χ1n) is 6.36. The average Bonchev–Trinajstić information content (AvgIpc) is 2.46. The molecule has 0 aliphatic heterocycles. The van der Waals surface area contributed by atoms with Crippen LogP contribution in [-0.4, -0.2) is 45.5 Å². The predicted molar refractivity (Wildman–Crippen MR) is 81.8 cm³/mol. The second-order valence-electron chi connectivity index (χ2n) is 4.03. The van der Waals surface area contributed by atoms with Gasteiger partial charge in [-0.1, -0.05) is 22.9 Å². The highest BCUT2D eigenvalue weighted by Crippen LogP contribution is 2.30. The van der Waals surface area contributed by atoms with Crippen molar-refractivity contribution in [2.24, 2.45) is 0 Å². The molecule has 0 fully saturated rings. The molecule has 0 aliphatic carbocycles. The summed E-state index contributed by atoms with van der Waals surface area (Å²) in [4.78, 5) is 11.4. The minimum atomic E-state index is -3.85. The van der Waals surface area contributed by atoms with Crippen molar-refractivity contribution in [3.8, 4) is 5.75 Å². The van der Waals surface area contributed by atoms with Gasteiger partial charge in [0.15, 0.2) is 0 Å². The van der Waals surface area contributed by atoms with Crippen LogP contribution in [0.3, 0.4) is 0 Å². The van der Waals surface area contributed by atoms with Crippen molar-refractivity contribution in [3.05, 3.63) is 22.7 Å². The Balaban J connectivity index is 3.27. The van der Waals surface area contributed by atoms with Gasteiger partial charge in [0.05, 0.1) is 13.7 Å². The molecular weight excluding hydrogens is 362 g/mol. The molecule has 0 aliphatic rings. The van der Waals surface area contributed by atoms with E-state index in [1.165, 1.54) is 13.2 Å². The molecule has 0 radical (unpaired) electrons. The number of methoxy groups -OCH3 is 1. The van der Waals surface area contributed by atoms with Crippen molar-refractivity contribution in [2.45, 2.75) is 18.7 Å². The lowest BCUT2D eigenvalue weighted by atomic mass is 10.3. The monoisotopic (exact) mass is 379 g/mol. The number of esters is 1. The predicted octanol–water partition coefficient (Wildman–Crippen LogP) is 2.03. The number of hydrogen-bond acceptors (Lipinski definition) is 5. The first-order valence-corrected chi connectivity index (χ1v) is 8.59. The van der Waals surface area contributed by atoms with Crippen LogP contribution in [0.2, 0.25) is 0 Å². The SMILES string of the molecule is CCOc1ccc(Br)cc1S(=O)(=O)N(CC)CC(=O)OC. The Morgan fingerprint density at radius 3 is 2.52 bits per heavy atom. The third-order valence-corrected chi connectivity index (χ3v) is 5.14. The minimum Gasteiger partial charge on any atom is -0.492 e. The molecule has 1 aromatic rings. The smallest absolute Gasteiger partial charge is 0.321 e. The molecule has 0 saturated carbocycles. The van der Waals surface area contributed by atoms with Gasteiger partial charge in [-0.15, -0.1) is 0 Å². The van der Waals surface area contributed by atoms with Crippen molar-refractivity contribution in [2.75, 3.05) is 26.8 Å². The van der Waals surface area contributed by atoms with E-state index in [2.05, 4.69) is 20.7 Å². The molecule has 0 spiro atoms. The third kappa shape index (κ3) is 4.42. The van der Waals surface area contributed by atoms with Gasteiger partial charge in [-0.3, -0.25) is 4.79 Å². The van der Waals surface area contributed by atoms with E-state index in [1.807, 2.05) is 0 Å². The van der Waals surface area contributed by atoms with Crippen LogP contribution in [0.25, 0.3) is 0 Å². The van der Waals surface area contributed by atoms with E-state index < -0.39 is 16.0 Å². The summed E-state index contributed by atoms with van der Waals surface area (Å²) in [6.45, 7) is 3.57. The molecule has 21 heavy (non-hydrogen) atoms. The maximum Gasteiger partial charge on any atom is 0.321 e. The summed E-state index contributed by atoms with van der Waals surface area (Å²) in [7, 11) is -2.64. The molecule has 1 aromatic carbocycles. The molecule has 0 atom stereocenters. The van der Waals surface area contributed by atoms with E-state index in [-0.39, 0.29) is 23.7 Å². The number of halogens is 1. The lowest BCUT2D eigenvalue weighted by Gasteiger charge is -2.21. The Hall–Kier alpha value is -1.12. The standard InChI is InChI=1S/C13H18BrNO5S/c1-4-15(9-13(16)19-3)21(17,18)12-8-10(14)6-7-11(12)20-5-2/h6-8H,4-5,9H2,1-3H3. The highest BCUT2D eigenvalue weighted by atomic mass is 79.9. The average molecular weight is 380 g/mol. The number of carbonyl (C=O) groups is 1. The Labute approximate surface area is 133 Å². The van der Waals surface area contributed by atoms with Gasteiger partial charge in [-0.2, -0.15) is 4.31 Å². The fourth-order valence-corrected chi connectivity index (χ4v) is 3.74. The van der Waals surface area contributed by atoms with Crippen molar-refractivity contribution in [1.29, 1.82) is 0 Å². The zero-order valence-corrected chi connectivity index (χ0v) is 14.5. The van der Waals surface area contributed by atoms with Crippen LogP contribution >= 0.6 is 15.9 Å². The minimum absolute atomic E-state index is 0.0180. The number of nitrogens with zero attached hydrogens (tertiary/aromatic N) is 1. The summed E-state index contributed by atoms with van der Waals surface area (Å²) in [5.74, 6) is -0.364. The molecule has 0 bridgehead atoms. The summed E-state index contributed by atoms with van der Waals surface area (Å²) < 4.78 is 36.9. The summed E-state index contributed by atoms with van der Waals surface area (Å²) >= 11 is 3.25. The van der Waals surface area contributed by atoms with E-state index in [0.29, 0.717) is 11.1 Å². The van der Waals surface area contributed by atoms with E-state index in [4.69, 9.17) is 4.74 Å². The lowest BCUT2D eigenvalue weighted by Crippen LogP contribution is -2.36. The van der Waals surface area contributed by atoms with Crippen LogP contribution in [0.4, 0.5) is 0 Å². The number of hydrogen-bond donors (Lipinski definition) is 0. The van der Waals surface area contributed by atoms with E-state index in [0.717, 1.165) is 4.31 Å². The second kappa shape index (κ2) is 7.77. The van der Waals surface area contributed by atoms with Crippen molar-refractivity contribution >= 4 is 31.9 Å². The van der Waals surface area contributed by atoms with Gasteiger partial charge < -0.3 is 9.47 Å². The van der Waals surface area contributed by atoms with Gasteiger partial charge in [0.2, 0.25) is 10.0 Å². The maximum absolute atomic E-state index is 12.7. The lowest BCUT2D eigenvalue weighted by molar-refractivity contribution is -0.140. The fraction of sp³-hybridized carbons (Fsp3) is 0.462. The topological polar surface area (TPSA) is 72.9 Å². The fourth-order valence-electron chi connectivity index (χ4n) is 1.67. The summed E-state index contributed by atoms with van der Waals surface area (Å²) in [5.41, 5.74) is 0. The molecule has 0 N–H and O–H groups in total. The summed E-state index contributed by atoms with van der Waals surface area (Å²) in [6, 6.07) is 4.73. The number of rotatable bonds is 7. The summed E-state index contributed by atoms with van der Waals surface area (Å²) in [5, 5.41) is 0. The summed E-state index contributed by atoms with van der Waals surface area (Å²) in [6.07, 6.45) is 0. The number of carbonyl (C=O) groups excluding carboxylic acids is 1. The van der Waals surface area contributed by atoms with Gasteiger partial charge in [0, 0.05) is 11.0 Å². The van der Waals surface area contributed by atoms with E-state index >= 15 is 0 Å². The van der Waals surface area contributed by atoms with Crippen LogP contribution in [0.1, 0.15) is 13.8 Å². The Morgan fingerprint density at radius 2 is 2.00 bits per heavy atom.